The molecule has 0 aliphatic rings. The van der Waals surface area contributed by atoms with Crippen LogP contribution in [0.2, 0.25) is 10.0 Å². The Labute approximate surface area is 253 Å². The van der Waals surface area contributed by atoms with Crippen molar-refractivity contribution in [3.05, 3.63) is 93.0 Å². The van der Waals surface area contributed by atoms with Crippen molar-refractivity contribution in [2.24, 2.45) is 0 Å². The number of anilines is 1. The number of aryl methyl sites for hydroxylation is 3. The van der Waals surface area contributed by atoms with E-state index in [2.05, 4.69) is 5.32 Å². The van der Waals surface area contributed by atoms with Crippen molar-refractivity contribution in [3.63, 3.8) is 0 Å². The quantitative estimate of drug-likeness (QED) is 0.268. The molecule has 10 heteroatoms. The Kier molecular flexibility index (Phi) is 10.9. The molecule has 0 heterocycles. The molecule has 2 atom stereocenters. The van der Waals surface area contributed by atoms with Crippen LogP contribution in [0, 0.1) is 20.8 Å². The van der Waals surface area contributed by atoms with E-state index in [1.807, 2.05) is 39.8 Å². The first-order valence-electron chi connectivity index (χ1n) is 13.4. The Balaban J connectivity index is 2.08. The zero-order valence-corrected chi connectivity index (χ0v) is 26.6. The summed E-state index contributed by atoms with van der Waals surface area (Å²) in [4.78, 5) is 28.7. The molecule has 2 unspecified atom stereocenters. The van der Waals surface area contributed by atoms with Crippen LogP contribution in [0.3, 0.4) is 0 Å². The number of halogens is 2. The summed E-state index contributed by atoms with van der Waals surface area (Å²) in [5.74, 6) is -0.882. The van der Waals surface area contributed by atoms with Gasteiger partial charge in [-0.2, -0.15) is 0 Å². The molecule has 1 N–H and O–H groups in total. The molecule has 3 aromatic rings. The minimum absolute atomic E-state index is 0.0238. The predicted molar refractivity (Wildman–Crippen MR) is 166 cm³/mol. The molecular weight excluding hydrogens is 581 g/mol. The third kappa shape index (κ3) is 8.03. The molecule has 0 saturated carbocycles. The molecule has 0 aliphatic carbocycles. The number of sulfonamides is 1. The summed E-state index contributed by atoms with van der Waals surface area (Å²) >= 11 is 12.3. The normalized spacial score (nSPS) is 12.9. The van der Waals surface area contributed by atoms with Crippen molar-refractivity contribution in [1.82, 2.24) is 10.2 Å². The van der Waals surface area contributed by atoms with Crippen molar-refractivity contribution in [3.8, 4) is 0 Å². The molecule has 0 saturated heterocycles. The summed E-state index contributed by atoms with van der Waals surface area (Å²) in [6.45, 7) is 10.5. The van der Waals surface area contributed by atoms with Gasteiger partial charge in [0.25, 0.3) is 10.0 Å². The Bertz CT molecular complexity index is 1510. The molecule has 7 nitrogen and oxygen atoms in total. The van der Waals surface area contributed by atoms with E-state index in [0.29, 0.717) is 33.3 Å². The van der Waals surface area contributed by atoms with Gasteiger partial charge in [-0.15, -0.1) is 0 Å². The summed E-state index contributed by atoms with van der Waals surface area (Å²) in [5, 5.41) is 3.60. The van der Waals surface area contributed by atoms with Gasteiger partial charge in [0.1, 0.15) is 12.6 Å². The number of rotatable bonds is 11. The molecule has 0 fully saturated rings. The van der Waals surface area contributed by atoms with Crippen LogP contribution in [0.5, 0.6) is 0 Å². The van der Waals surface area contributed by atoms with Crippen LogP contribution >= 0.6 is 23.2 Å². The van der Waals surface area contributed by atoms with Gasteiger partial charge in [-0.3, -0.25) is 13.9 Å². The minimum atomic E-state index is -4.15. The van der Waals surface area contributed by atoms with Crippen molar-refractivity contribution in [2.75, 3.05) is 10.8 Å². The second-order valence-corrected chi connectivity index (χ2v) is 13.1. The average Bonchev–Trinajstić information content (AvgIpc) is 2.93. The van der Waals surface area contributed by atoms with Gasteiger partial charge in [-0.05, 0) is 88.1 Å². The number of nitrogens with one attached hydrogen (secondary N) is 1. The predicted octanol–water partition coefficient (Wildman–Crippen LogP) is 6.45. The number of carbonyl (C=O) groups is 2. The molecule has 0 aliphatic heterocycles. The molecular formula is C31H37Cl2N3O4S. The van der Waals surface area contributed by atoms with E-state index < -0.39 is 28.5 Å². The van der Waals surface area contributed by atoms with Crippen molar-refractivity contribution in [2.45, 2.75) is 71.5 Å². The smallest absolute Gasteiger partial charge is 0.264 e. The lowest BCUT2D eigenvalue weighted by atomic mass is 10.1. The lowest BCUT2D eigenvalue weighted by Gasteiger charge is -2.33. The van der Waals surface area contributed by atoms with E-state index >= 15 is 0 Å². The lowest BCUT2D eigenvalue weighted by molar-refractivity contribution is -0.139. The lowest BCUT2D eigenvalue weighted by Crippen LogP contribution is -2.52. The highest BCUT2D eigenvalue weighted by Crippen LogP contribution is 2.29. The number of hydrogen-bond acceptors (Lipinski definition) is 4. The van der Waals surface area contributed by atoms with Crippen LogP contribution in [-0.2, 0) is 26.2 Å². The topological polar surface area (TPSA) is 86.8 Å². The van der Waals surface area contributed by atoms with Gasteiger partial charge in [-0.1, -0.05) is 66.0 Å². The molecule has 0 aromatic heterocycles. The second-order valence-electron chi connectivity index (χ2n) is 10.4. The van der Waals surface area contributed by atoms with Gasteiger partial charge in [0.15, 0.2) is 0 Å². The number of carbonyl (C=O) groups excluding carboxylic acids is 2. The third-order valence-electron chi connectivity index (χ3n) is 7.03. The highest BCUT2D eigenvalue weighted by molar-refractivity contribution is 7.92. The summed E-state index contributed by atoms with van der Waals surface area (Å²) in [6, 6.07) is 15.9. The standard InChI is InChI=1S/C31H37Cl2N3O4S/c1-7-23(5)34-31(38)24(6)35(18-25-12-15-27(32)28(33)17-25)30(37)19-36(29-16-21(3)8-11-22(29)4)41(39,40)26-13-9-20(2)10-14-26/h8-17,23-24H,7,18-19H2,1-6H3,(H,34,38). The highest BCUT2D eigenvalue weighted by atomic mass is 35.5. The molecule has 3 rings (SSSR count). The van der Waals surface area contributed by atoms with Gasteiger partial charge in [0, 0.05) is 12.6 Å². The van der Waals surface area contributed by atoms with Crippen LogP contribution in [0.25, 0.3) is 0 Å². The van der Waals surface area contributed by atoms with Crippen LogP contribution in [0.4, 0.5) is 5.69 Å². The first kappa shape index (κ1) is 32.4. The van der Waals surface area contributed by atoms with Crippen molar-refractivity contribution in [1.29, 1.82) is 0 Å². The SMILES string of the molecule is CCC(C)NC(=O)C(C)N(Cc1ccc(Cl)c(Cl)c1)C(=O)CN(c1cc(C)ccc1C)S(=O)(=O)c1ccc(C)cc1. The largest absolute Gasteiger partial charge is 0.352 e. The van der Waals surface area contributed by atoms with E-state index in [-0.39, 0.29) is 23.4 Å². The maximum atomic E-state index is 14.1. The Morgan fingerprint density at radius 1 is 0.878 bits per heavy atom. The maximum absolute atomic E-state index is 14.1. The highest BCUT2D eigenvalue weighted by Gasteiger charge is 2.33. The number of amides is 2. The molecule has 0 radical (unpaired) electrons. The molecule has 3 aromatic carbocycles. The van der Waals surface area contributed by atoms with Gasteiger partial charge in [0.05, 0.1) is 20.6 Å². The first-order valence-corrected chi connectivity index (χ1v) is 15.6. The van der Waals surface area contributed by atoms with Crippen molar-refractivity contribution >= 4 is 50.7 Å². The van der Waals surface area contributed by atoms with Crippen LogP contribution in [0.15, 0.2) is 65.6 Å². The van der Waals surface area contributed by atoms with Gasteiger partial charge >= 0.3 is 0 Å². The number of nitrogens with zero attached hydrogens (tertiary/aromatic N) is 2. The van der Waals surface area contributed by atoms with E-state index in [4.69, 9.17) is 23.2 Å². The molecule has 0 spiro atoms. The van der Waals surface area contributed by atoms with Gasteiger partial charge < -0.3 is 10.2 Å². The fraction of sp³-hybridized carbons (Fsp3) is 0.355. The molecule has 0 bridgehead atoms. The second kappa shape index (κ2) is 13.7. The Morgan fingerprint density at radius 2 is 1.51 bits per heavy atom. The first-order chi connectivity index (χ1) is 19.2. The van der Waals surface area contributed by atoms with Gasteiger partial charge in [-0.25, -0.2) is 8.42 Å². The summed E-state index contributed by atoms with van der Waals surface area (Å²) in [5.41, 5.74) is 3.49. The molecule has 41 heavy (non-hydrogen) atoms. The molecule has 2 amide bonds. The zero-order valence-electron chi connectivity index (χ0n) is 24.2. The summed E-state index contributed by atoms with van der Waals surface area (Å²) < 4.78 is 29.2. The maximum Gasteiger partial charge on any atom is 0.264 e. The Hall–Kier alpha value is -3.07. The Morgan fingerprint density at radius 3 is 2.12 bits per heavy atom. The minimum Gasteiger partial charge on any atom is -0.352 e. The monoisotopic (exact) mass is 617 g/mol. The fourth-order valence-corrected chi connectivity index (χ4v) is 6.01. The van der Waals surface area contributed by atoms with Gasteiger partial charge in [0.2, 0.25) is 11.8 Å². The van der Waals surface area contributed by atoms with E-state index in [1.54, 1.807) is 50.2 Å². The summed E-state index contributed by atoms with van der Waals surface area (Å²) in [7, 11) is -4.15. The number of hydrogen-bond donors (Lipinski definition) is 1. The van der Waals surface area contributed by atoms with E-state index in [1.165, 1.54) is 17.0 Å². The van der Waals surface area contributed by atoms with Crippen molar-refractivity contribution < 1.29 is 18.0 Å². The zero-order chi connectivity index (χ0) is 30.5. The molecule has 220 valence electrons. The van der Waals surface area contributed by atoms with E-state index in [0.717, 1.165) is 15.4 Å². The number of benzene rings is 3. The average molecular weight is 619 g/mol. The fourth-order valence-electron chi connectivity index (χ4n) is 4.22. The third-order valence-corrected chi connectivity index (χ3v) is 9.54. The van der Waals surface area contributed by atoms with Crippen LogP contribution < -0.4 is 9.62 Å². The van der Waals surface area contributed by atoms with E-state index in [9.17, 15) is 18.0 Å². The van der Waals surface area contributed by atoms with Crippen LogP contribution in [0.1, 0.15) is 49.4 Å². The van der Waals surface area contributed by atoms with Crippen LogP contribution in [-0.4, -0.2) is 43.8 Å². The summed E-state index contributed by atoms with van der Waals surface area (Å²) in [6.07, 6.45) is 0.717.